The summed E-state index contributed by atoms with van der Waals surface area (Å²) in [7, 11) is 3.81. The molecule has 0 spiro atoms. The fourth-order valence-corrected chi connectivity index (χ4v) is 1.42. The Labute approximate surface area is 93.9 Å². The second-order valence-electron chi connectivity index (χ2n) is 4.07. The minimum atomic E-state index is -4.25. The summed E-state index contributed by atoms with van der Waals surface area (Å²) in [5.74, 6) is 0. The fraction of sp³-hybridized carbons (Fsp3) is 0.500. The third kappa shape index (κ3) is 4.23. The molecule has 0 atom stereocenters. The average molecular weight is 231 g/mol. The van der Waals surface area contributed by atoms with Crippen molar-refractivity contribution >= 4 is 0 Å². The van der Waals surface area contributed by atoms with Crippen LogP contribution in [0.3, 0.4) is 0 Å². The Kier molecular flexibility index (Phi) is 4.35. The van der Waals surface area contributed by atoms with E-state index in [2.05, 4.69) is 0 Å². The highest BCUT2D eigenvalue weighted by atomic mass is 19.4. The van der Waals surface area contributed by atoms with Crippen LogP contribution in [0.15, 0.2) is 35.5 Å². The van der Waals surface area contributed by atoms with Gasteiger partial charge in [-0.3, -0.25) is 0 Å². The lowest BCUT2D eigenvalue weighted by molar-refractivity contribution is -0.0882. The van der Waals surface area contributed by atoms with Crippen molar-refractivity contribution in [1.82, 2.24) is 4.90 Å². The molecular formula is C12H16F3N. The third-order valence-electron chi connectivity index (χ3n) is 2.33. The van der Waals surface area contributed by atoms with Crippen LogP contribution in [0, 0.1) is 0 Å². The second kappa shape index (κ2) is 5.34. The summed E-state index contributed by atoms with van der Waals surface area (Å²) < 4.78 is 37.6. The maximum Gasteiger partial charge on any atom is 0.416 e. The molecule has 0 radical (unpaired) electrons. The van der Waals surface area contributed by atoms with E-state index >= 15 is 0 Å². The predicted octanol–water partition coefficient (Wildman–Crippen LogP) is 3.31. The molecule has 0 aromatic carbocycles. The molecule has 0 fully saturated rings. The zero-order valence-corrected chi connectivity index (χ0v) is 9.51. The van der Waals surface area contributed by atoms with Gasteiger partial charge in [0.05, 0.1) is 5.57 Å². The normalized spacial score (nSPS) is 17.1. The summed E-state index contributed by atoms with van der Waals surface area (Å²) in [5.41, 5.74) is 0.195. The molecule has 0 unspecified atom stereocenters. The zero-order valence-electron chi connectivity index (χ0n) is 9.51. The summed E-state index contributed by atoms with van der Waals surface area (Å²) in [5, 5.41) is 0. The summed E-state index contributed by atoms with van der Waals surface area (Å²) in [6.45, 7) is 0.757. The van der Waals surface area contributed by atoms with E-state index in [1.165, 1.54) is 6.08 Å². The van der Waals surface area contributed by atoms with Gasteiger partial charge in [-0.2, -0.15) is 13.2 Å². The lowest BCUT2D eigenvalue weighted by Crippen LogP contribution is -2.14. The standard InChI is InChI=1S/C12H16F3N/c1-16(2)8-7-10-5-3-4-6-11(9-10)12(13,14)15/h4-6,9H,3,7-8H2,1-2H3. The Morgan fingerprint density at radius 3 is 2.56 bits per heavy atom. The van der Waals surface area contributed by atoms with E-state index in [1.807, 2.05) is 25.1 Å². The Bertz CT molecular complexity index is 322. The van der Waals surface area contributed by atoms with Crippen molar-refractivity contribution in [3.8, 4) is 0 Å². The smallest absolute Gasteiger partial charge is 0.309 e. The van der Waals surface area contributed by atoms with Gasteiger partial charge in [0.2, 0.25) is 0 Å². The number of alkyl halides is 3. The molecule has 0 aromatic rings. The zero-order chi connectivity index (χ0) is 12.2. The van der Waals surface area contributed by atoms with E-state index in [9.17, 15) is 13.2 Å². The maximum atomic E-state index is 12.5. The lowest BCUT2D eigenvalue weighted by atomic mass is 10.1. The van der Waals surface area contributed by atoms with E-state index in [0.29, 0.717) is 12.8 Å². The van der Waals surface area contributed by atoms with Crippen molar-refractivity contribution in [3.63, 3.8) is 0 Å². The van der Waals surface area contributed by atoms with E-state index in [4.69, 9.17) is 0 Å². The highest BCUT2D eigenvalue weighted by Gasteiger charge is 2.31. The molecule has 0 aromatic heterocycles. The first kappa shape index (κ1) is 13.0. The largest absolute Gasteiger partial charge is 0.416 e. The molecule has 4 heteroatoms. The number of allylic oxidation sites excluding steroid dienone is 5. The molecule has 0 amide bonds. The van der Waals surface area contributed by atoms with Crippen molar-refractivity contribution in [1.29, 1.82) is 0 Å². The minimum Gasteiger partial charge on any atom is -0.309 e. The summed E-state index contributed by atoms with van der Waals surface area (Å²) in [6, 6.07) is 0. The van der Waals surface area contributed by atoms with Crippen LogP contribution in [0.25, 0.3) is 0 Å². The van der Waals surface area contributed by atoms with Gasteiger partial charge in [-0.1, -0.05) is 18.2 Å². The van der Waals surface area contributed by atoms with Crippen molar-refractivity contribution in [3.05, 3.63) is 35.5 Å². The molecule has 0 saturated carbocycles. The number of nitrogens with zero attached hydrogens (tertiary/aromatic N) is 1. The molecule has 0 N–H and O–H groups in total. The molecule has 16 heavy (non-hydrogen) atoms. The van der Waals surface area contributed by atoms with E-state index in [1.54, 1.807) is 6.08 Å². The topological polar surface area (TPSA) is 3.24 Å². The number of hydrogen-bond acceptors (Lipinski definition) is 1. The molecule has 1 rings (SSSR count). The molecule has 0 saturated heterocycles. The van der Waals surface area contributed by atoms with Gasteiger partial charge in [0.25, 0.3) is 0 Å². The molecule has 1 aliphatic carbocycles. The van der Waals surface area contributed by atoms with Gasteiger partial charge in [0.1, 0.15) is 0 Å². The molecule has 1 aliphatic rings. The van der Waals surface area contributed by atoms with Gasteiger partial charge in [0.15, 0.2) is 0 Å². The van der Waals surface area contributed by atoms with Gasteiger partial charge in [0, 0.05) is 6.54 Å². The van der Waals surface area contributed by atoms with Crippen LogP contribution in [-0.4, -0.2) is 31.7 Å². The van der Waals surface area contributed by atoms with Crippen LogP contribution < -0.4 is 0 Å². The highest BCUT2D eigenvalue weighted by molar-refractivity contribution is 5.36. The number of halogens is 3. The second-order valence-corrected chi connectivity index (χ2v) is 4.07. The Morgan fingerprint density at radius 1 is 1.31 bits per heavy atom. The van der Waals surface area contributed by atoms with Crippen LogP contribution in [0.4, 0.5) is 13.2 Å². The Morgan fingerprint density at radius 2 is 2.00 bits per heavy atom. The highest BCUT2D eigenvalue weighted by Crippen LogP contribution is 2.29. The van der Waals surface area contributed by atoms with Crippen LogP contribution in [-0.2, 0) is 0 Å². The average Bonchev–Trinajstić information content (AvgIpc) is 2.38. The summed E-state index contributed by atoms with van der Waals surface area (Å²) >= 11 is 0. The van der Waals surface area contributed by atoms with Crippen molar-refractivity contribution in [2.75, 3.05) is 20.6 Å². The molecule has 0 heterocycles. The quantitative estimate of drug-likeness (QED) is 0.720. The van der Waals surface area contributed by atoms with Crippen molar-refractivity contribution in [2.45, 2.75) is 19.0 Å². The van der Waals surface area contributed by atoms with Crippen LogP contribution in [0.2, 0.25) is 0 Å². The van der Waals surface area contributed by atoms with E-state index < -0.39 is 11.7 Å². The minimum absolute atomic E-state index is 0.560. The Hall–Kier alpha value is -1.03. The molecule has 90 valence electrons. The van der Waals surface area contributed by atoms with Gasteiger partial charge in [-0.25, -0.2) is 0 Å². The van der Waals surface area contributed by atoms with Crippen LogP contribution >= 0.6 is 0 Å². The first-order valence-corrected chi connectivity index (χ1v) is 5.19. The van der Waals surface area contributed by atoms with Crippen molar-refractivity contribution in [2.24, 2.45) is 0 Å². The summed E-state index contributed by atoms with van der Waals surface area (Å²) in [6.07, 6.45) is 2.75. The van der Waals surface area contributed by atoms with Crippen LogP contribution in [0.5, 0.6) is 0 Å². The molecule has 0 bridgehead atoms. The number of hydrogen-bond donors (Lipinski definition) is 0. The van der Waals surface area contributed by atoms with Gasteiger partial charge in [-0.05, 0) is 38.6 Å². The van der Waals surface area contributed by atoms with E-state index in [-0.39, 0.29) is 0 Å². The maximum absolute atomic E-state index is 12.5. The number of rotatable bonds is 3. The van der Waals surface area contributed by atoms with Crippen molar-refractivity contribution < 1.29 is 13.2 Å². The molecule has 0 aliphatic heterocycles. The molecule has 1 nitrogen and oxygen atoms in total. The fourth-order valence-electron chi connectivity index (χ4n) is 1.42. The summed E-state index contributed by atoms with van der Waals surface area (Å²) in [4.78, 5) is 1.96. The third-order valence-corrected chi connectivity index (χ3v) is 2.33. The Balaban J connectivity index is 2.75. The van der Waals surface area contributed by atoms with Crippen LogP contribution in [0.1, 0.15) is 12.8 Å². The SMILES string of the molecule is CN(C)CCC1=CCC=CC(C(F)(F)F)=C1. The molecular weight excluding hydrogens is 215 g/mol. The van der Waals surface area contributed by atoms with Gasteiger partial charge in [-0.15, -0.1) is 0 Å². The van der Waals surface area contributed by atoms with E-state index in [0.717, 1.165) is 18.2 Å². The van der Waals surface area contributed by atoms with Gasteiger partial charge < -0.3 is 4.90 Å². The first-order chi connectivity index (χ1) is 7.39. The first-order valence-electron chi connectivity index (χ1n) is 5.19. The predicted molar refractivity (Wildman–Crippen MR) is 59.1 cm³/mol. The lowest BCUT2D eigenvalue weighted by Gasteiger charge is -2.11. The monoisotopic (exact) mass is 231 g/mol. The van der Waals surface area contributed by atoms with Gasteiger partial charge >= 0.3 is 6.18 Å².